The molecule has 1 aliphatic heterocycles. The number of rotatable bonds is 6. The second kappa shape index (κ2) is 7.92. The van der Waals surface area contributed by atoms with E-state index in [4.69, 9.17) is 0 Å². The summed E-state index contributed by atoms with van der Waals surface area (Å²) in [4.78, 5) is 40.1. The van der Waals surface area contributed by atoms with Gasteiger partial charge in [0.25, 0.3) is 5.56 Å². The molecule has 0 fully saturated rings. The van der Waals surface area contributed by atoms with E-state index in [1.54, 1.807) is 6.92 Å². The second-order valence-electron chi connectivity index (χ2n) is 6.63. The monoisotopic (exact) mass is 385 g/mol. The lowest BCUT2D eigenvalue weighted by Crippen LogP contribution is -2.50. The van der Waals surface area contributed by atoms with Crippen molar-refractivity contribution in [2.75, 3.05) is 23.3 Å². The molecule has 3 rings (SSSR count). The van der Waals surface area contributed by atoms with Crippen molar-refractivity contribution in [3.63, 3.8) is 0 Å². The molecule has 2 amide bonds. The maximum absolute atomic E-state index is 13.0. The number of benzene rings is 1. The molecule has 0 aliphatic carbocycles. The Morgan fingerprint density at radius 1 is 0.929 bits per heavy atom. The summed E-state index contributed by atoms with van der Waals surface area (Å²) in [7, 11) is 0. The standard InChI is InChI=1S/C20H27N5O3/c1-5-23(6-2)14-11-9-13(10-12-14)16-15-17(22-19(27)21-16)24(7-3)20(28)25(8-4)18(15)26/h9-12,16H,5-8H2,1-4H3,(H2,21,22,27). The van der Waals surface area contributed by atoms with E-state index in [1.165, 1.54) is 9.13 Å². The van der Waals surface area contributed by atoms with E-state index >= 15 is 0 Å². The van der Waals surface area contributed by atoms with Gasteiger partial charge >= 0.3 is 11.7 Å². The van der Waals surface area contributed by atoms with Gasteiger partial charge in [0.05, 0.1) is 11.6 Å². The summed E-state index contributed by atoms with van der Waals surface area (Å²) >= 11 is 0. The minimum atomic E-state index is -0.613. The van der Waals surface area contributed by atoms with Crippen molar-refractivity contribution in [2.24, 2.45) is 0 Å². The predicted molar refractivity (Wildman–Crippen MR) is 110 cm³/mol. The number of fused-ring (bicyclic) bond motifs is 1. The van der Waals surface area contributed by atoms with Crippen molar-refractivity contribution in [3.8, 4) is 0 Å². The Morgan fingerprint density at radius 2 is 1.54 bits per heavy atom. The average Bonchev–Trinajstić information content (AvgIpc) is 2.69. The molecule has 1 atom stereocenters. The second-order valence-corrected chi connectivity index (χ2v) is 6.63. The first-order valence-electron chi connectivity index (χ1n) is 9.76. The third kappa shape index (κ3) is 3.19. The Kier molecular flexibility index (Phi) is 5.58. The molecule has 1 unspecified atom stereocenters. The van der Waals surface area contributed by atoms with E-state index in [1.807, 2.05) is 31.2 Å². The fourth-order valence-corrected chi connectivity index (χ4v) is 3.75. The van der Waals surface area contributed by atoms with Gasteiger partial charge in [-0.05, 0) is 45.4 Å². The van der Waals surface area contributed by atoms with Crippen LogP contribution in [0.2, 0.25) is 0 Å². The van der Waals surface area contributed by atoms with Crippen LogP contribution in [-0.4, -0.2) is 28.3 Å². The highest BCUT2D eigenvalue weighted by atomic mass is 16.2. The summed E-state index contributed by atoms with van der Waals surface area (Å²) in [5.74, 6) is 0.281. The molecule has 2 aromatic rings. The summed E-state index contributed by atoms with van der Waals surface area (Å²) in [5.41, 5.74) is 1.48. The summed E-state index contributed by atoms with van der Waals surface area (Å²) < 4.78 is 2.65. The number of hydrogen-bond donors (Lipinski definition) is 2. The molecule has 1 aromatic heterocycles. The molecule has 28 heavy (non-hydrogen) atoms. The number of carbonyl (C=O) groups excluding carboxylic acids is 1. The molecular weight excluding hydrogens is 358 g/mol. The van der Waals surface area contributed by atoms with Crippen molar-refractivity contribution in [3.05, 3.63) is 56.2 Å². The molecular formula is C20H27N5O3. The van der Waals surface area contributed by atoms with E-state index in [-0.39, 0.29) is 17.9 Å². The van der Waals surface area contributed by atoms with Crippen LogP contribution in [0.3, 0.4) is 0 Å². The van der Waals surface area contributed by atoms with Crippen molar-refractivity contribution in [2.45, 2.75) is 46.8 Å². The zero-order valence-corrected chi connectivity index (χ0v) is 16.8. The van der Waals surface area contributed by atoms with Gasteiger partial charge in [0.2, 0.25) is 0 Å². The largest absolute Gasteiger partial charge is 0.372 e. The molecule has 8 heteroatoms. The van der Waals surface area contributed by atoms with Crippen molar-refractivity contribution >= 4 is 17.5 Å². The van der Waals surface area contributed by atoms with E-state index in [2.05, 4.69) is 29.4 Å². The van der Waals surface area contributed by atoms with E-state index < -0.39 is 17.8 Å². The summed E-state index contributed by atoms with van der Waals surface area (Å²) in [6, 6.07) is 6.78. The number of anilines is 2. The first-order chi connectivity index (χ1) is 13.5. The van der Waals surface area contributed by atoms with Crippen molar-refractivity contribution in [1.82, 2.24) is 14.5 Å². The maximum Gasteiger partial charge on any atom is 0.332 e. The number of nitrogens with one attached hydrogen (secondary N) is 2. The highest BCUT2D eigenvalue weighted by molar-refractivity contribution is 5.92. The molecule has 0 saturated carbocycles. The van der Waals surface area contributed by atoms with Crippen LogP contribution < -0.4 is 26.8 Å². The van der Waals surface area contributed by atoms with Gasteiger partial charge in [0.15, 0.2) is 0 Å². The maximum atomic E-state index is 13.0. The molecule has 8 nitrogen and oxygen atoms in total. The Hall–Kier alpha value is -3.03. The van der Waals surface area contributed by atoms with Gasteiger partial charge in [-0.3, -0.25) is 19.2 Å². The fourth-order valence-electron chi connectivity index (χ4n) is 3.75. The average molecular weight is 385 g/mol. The van der Waals surface area contributed by atoms with Gasteiger partial charge in [0.1, 0.15) is 5.82 Å². The van der Waals surface area contributed by atoms with Crippen LogP contribution in [0.25, 0.3) is 0 Å². The number of amides is 2. The predicted octanol–water partition coefficient (Wildman–Crippen LogP) is 2.12. The number of nitrogens with zero attached hydrogens (tertiary/aromatic N) is 3. The van der Waals surface area contributed by atoms with E-state index in [0.717, 1.165) is 24.3 Å². The first-order valence-corrected chi connectivity index (χ1v) is 9.76. The van der Waals surface area contributed by atoms with Gasteiger partial charge in [-0.25, -0.2) is 9.59 Å². The van der Waals surface area contributed by atoms with Gasteiger partial charge < -0.3 is 10.2 Å². The number of aromatic nitrogens is 2. The van der Waals surface area contributed by atoms with E-state index in [9.17, 15) is 14.4 Å². The number of hydrogen-bond acceptors (Lipinski definition) is 4. The van der Waals surface area contributed by atoms with Crippen LogP contribution in [0.1, 0.15) is 44.9 Å². The quantitative estimate of drug-likeness (QED) is 0.797. The minimum Gasteiger partial charge on any atom is -0.372 e. The Labute approximate surface area is 163 Å². The third-order valence-corrected chi connectivity index (χ3v) is 5.25. The smallest absolute Gasteiger partial charge is 0.332 e. The first kappa shape index (κ1) is 19.7. The molecule has 0 saturated heterocycles. The number of carbonyl (C=O) groups is 1. The molecule has 1 aromatic carbocycles. The topological polar surface area (TPSA) is 88.4 Å². The molecule has 0 radical (unpaired) electrons. The number of urea groups is 1. The van der Waals surface area contributed by atoms with Crippen LogP contribution in [0.4, 0.5) is 16.3 Å². The SMILES string of the molecule is CCN(CC)c1ccc(C2NC(=O)Nc3c2c(=O)n(CC)c(=O)n3CC)cc1. The highest BCUT2D eigenvalue weighted by Gasteiger charge is 2.32. The molecule has 2 heterocycles. The summed E-state index contributed by atoms with van der Waals surface area (Å²) in [5, 5.41) is 5.49. The molecule has 0 bridgehead atoms. The Balaban J connectivity index is 2.17. The Bertz CT molecular complexity index is 987. The molecule has 0 spiro atoms. The van der Waals surface area contributed by atoms with Gasteiger partial charge in [0, 0.05) is 31.9 Å². The normalized spacial score (nSPS) is 15.6. The summed E-state index contributed by atoms with van der Waals surface area (Å²) in [6.07, 6.45) is 0. The van der Waals surface area contributed by atoms with Crippen LogP contribution in [0.5, 0.6) is 0 Å². The minimum absolute atomic E-state index is 0.270. The zero-order chi connectivity index (χ0) is 20.4. The van der Waals surface area contributed by atoms with E-state index in [0.29, 0.717) is 12.1 Å². The lowest BCUT2D eigenvalue weighted by atomic mass is 9.98. The summed E-state index contributed by atoms with van der Waals surface area (Å²) in [6.45, 7) is 10.2. The Morgan fingerprint density at radius 3 is 2.07 bits per heavy atom. The lowest BCUT2D eigenvalue weighted by molar-refractivity contribution is 0.248. The van der Waals surface area contributed by atoms with Crippen LogP contribution in [0, 0.1) is 0 Å². The zero-order valence-electron chi connectivity index (χ0n) is 16.8. The van der Waals surface area contributed by atoms with Crippen molar-refractivity contribution in [1.29, 1.82) is 0 Å². The van der Waals surface area contributed by atoms with Gasteiger partial charge in [-0.15, -0.1) is 0 Å². The molecule has 1 aliphatic rings. The van der Waals surface area contributed by atoms with Gasteiger partial charge in [-0.1, -0.05) is 12.1 Å². The molecule has 150 valence electrons. The van der Waals surface area contributed by atoms with Crippen LogP contribution >= 0.6 is 0 Å². The third-order valence-electron chi connectivity index (χ3n) is 5.25. The fraction of sp³-hybridized carbons (Fsp3) is 0.450. The van der Waals surface area contributed by atoms with Crippen molar-refractivity contribution < 1.29 is 4.79 Å². The highest BCUT2D eigenvalue weighted by Crippen LogP contribution is 2.29. The van der Waals surface area contributed by atoms with Crippen LogP contribution in [-0.2, 0) is 13.1 Å². The van der Waals surface area contributed by atoms with Crippen LogP contribution in [0.15, 0.2) is 33.9 Å². The van der Waals surface area contributed by atoms with Gasteiger partial charge in [-0.2, -0.15) is 0 Å². The lowest BCUT2D eigenvalue weighted by Gasteiger charge is -2.30. The molecule has 2 N–H and O–H groups in total.